The Hall–Kier alpha value is -1.80. The molecule has 3 rings (SSSR count). The molecule has 1 aliphatic carbocycles. The van der Waals surface area contributed by atoms with Crippen LogP contribution in [0, 0.1) is 6.92 Å². The van der Waals surface area contributed by atoms with Gasteiger partial charge in [0.15, 0.2) is 0 Å². The van der Waals surface area contributed by atoms with Crippen molar-refractivity contribution in [2.75, 3.05) is 13.2 Å². The van der Waals surface area contributed by atoms with Gasteiger partial charge in [-0.05, 0) is 43.5 Å². The number of hydrogen-bond acceptors (Lipinski definition) is 4. The zero-order chi connectivity index (χ0) is 20.3. The zero-order valence-corrected chi connectivity index (χ0v) is 17.5. The molecular weight excluding hydrogens is 423 g/mol. The van der Waals surface area contributed by atoms with Gasteiger partial charge >= 0.3 is 0 Å². The summed E-state index contributed by atoms with van der Waals surface area (Å²) in [5.41, 5.74) is 1.03. The van der Waals surface area contributed by atoms with Gasteiger partial charge < -0.3 is 10.1 Å². The van der Waals surface area contributed by atoms with E-state index in [4.69, 9.17) is 27.9 Å². The molecule has 9 heteroatoms. The van der Waals surface area contributed by atoms with Gasteiger partial charge in [0.2, 0.25) is 10.0 Å². The number of carbonyl (C=O) groups is 1. The van der Waals surface area contributed by atoms with Crippen LogP contribution in [0.15, 0.2) is 41.3 Å². The second-order valence-electron chi connectivity index (χ2n) is 6.53. The van der Waals surface area contributed by atoms with Gasteiger partial charge in [-0.15, -0.1) is 0 Å². The molecule has 1 saturated carbocycles. The molecule has 0 unspecified atom stereocenters. The summed E-state index contributed by atoms with van der Waals surface area (Å²) in [5.74, 6) is 0.235. The summed E-state index contributed by atoms with van der Waals surface area (Å²) in [4.78, 5) is 12.3. The monoisotopic (exact) mass is 442 g/mol. The number of carbonyl (C=O) groups excluding carboxylic acids is 1. The molecule has 0 spiro atoms. The van der Waals surface area contributed by atoms with E-state index in [0.717, 1.165) is 24.2 Å². The van der Waals surface area contributed by atoms with Gasteiger partial charge in [0.1, 0.15) is 17.3 Å². The molecule has 1 fully saturated rings. The van der Waals surface area contributed by atoms with Crippen molar-refractivity contribution in [2.45, 2.75) is 30.7 Å². The van der Waals surface area contributed by atoms with Gasteiger partial charge in [0.05, 0.1) is 22.2 Å². The van der Waals surface area contributed by atoms with Crippen molar-refractivity contribution in [3.8, 4) is 5.75 Å². The highest BCUT2D eigenvalue weighted by Crippen LogP contribution is 2.30. The molecule has 1 amide bonds. The van der Waals surface area contributed by atoms with Crippen molar-refractivity contribution in [1.82, 2.24) is 10.0 Å². The maximum atomic E-state index is 12.5. The predicted molar refractivity (Wildman–Crippen MR) is 109 cm³/mol. The largest absolute Gasteiger partial charge is 0.491 e. The molecule has 2 aromatic carbocycles. The van der Waals surface area contributed by atoms with E-state index in [0.29, 0.717) is 0 Å². The SMILES string of the molecule is Cc1ccccc1OCCNC(=O)c1cc(S(=O)(=O)NC2CC2)c(Cl)cc1Cl. The van der Waals surface area contributed by atoms with Crippen LogP contribution in [0.2, 0.25) is 10.0 Å². The van der Waals surface area contributed by atoms with E-state index in [1.165, 1.54) is 12.1 Å². The number of hydrogen-bond donors (Lipinski definition) is 2. The summed E-state index contributed by atoms with van der Waals surface area (Å²) < 4.78 is 33.1. The second-order valence-corrected chi connectivity index (χ2v) is 9.02. The lowest BCUT2D eigenvalue weighted by Gasteiger charge is -2.12. The highest BCUT2D eigenvalue weighted by Gasteiger charge is 2.30. The van der Waals surface area contributed by atoms with Crippen LogP contribution in [0.1, 0.15) is 28.8 Å². The average Bonchev–Trinajstić information content (AvgIpc) is 3.43. The van der Waals surface area contributed by atoms with Crippen molar-refractivity contribution in [1.29, 1.82) is 0 Å². The van der Waals surface area contributed by atoms with Crippen LogP contribution in [0.5, 0.6) is 5.75 Å². The standard InChI is InChI=1S/C19H20Cl2N2O4S/c1-12-4-2-3-5-17(12)27-9-8-22-19(24)14-10-18(16(21)11-15(14)20)28(25,26)23-13-6-7-13/h2-5,10-11,13,23H,6-9H2,1H3,(H,22,24). The number of amides is 1. The molecule has 0 aromatic heterocycles. The Bertz CT molecular complexity index is 991. The quantitative estimate of drug-likeness (QED) is 0.612. The molecule has 28 heavy (non-hydrogen) atoms. The second kappa shape index (κ2) is 8.69. The van der Waals surface area contributed by atoms with E-state index in [9.17, 15) is 13.2 Å². The first-order valence-corrected chi connectivity index (χ1v) is 11.0. The molecule has 6 nitrogen and oxygen atoms in total. The van der Waals surface area contributed by atoms with Crippen LogP contribution >= 0.6 is 23.2 Å². The van der Waals surface area contributed by atoms with Gasteiger partial charge in [-0.25, -0.2) is 13.1 Å². The Balaban J connectivity index is 1.66. The van der Waals surface area contributed by atoms with Gasteiger partial charge in [0.25, 0.3) is 5.91 Å². The topological polar surface area (TPSA) is 84.5 Å². The minimum absolute atomic E-state index is 0.0300. The third kappa shape index (κ3) is 5.17. The number of ether oxygens (including phenoxy) is 1. The lowest BCUT2D eigenvalue weighted by molar-refractivity contribution is 0.0947. The molecule has 0 heterocycles. The Morgan fingerprint density at radius 3 is 2.57 bits per heavy atom. The number of rotatable bonds is 8. The third-order valence-corrected chi connectivity index (χ3v) is 6.49. The molecular formula is C19H20Cl2N2O4S. The van der Waals surface area contributed by atoms with E-state index in [2.05, 4.69) is 10.0 Å². The summed E-state index contributed by atoms with van der Waals surface area (Å²) in [5, 5.41) is 2.72. The smallest absolute Gasteiger partial charge is 0.252 e. The Kier molecular flexibility index (Phi) is 6.50. The van der Waals surface area contributed by atoms with Crippen molar-refractivity contribution in [3.63, 3.8) is 0 Å². The summed E-state index contributed by atoms with van der Waals surface area (Å²) in [7, 11) is -3.81. The molecule has 0 bridgehead atoms. The molecule has 2 N–H and O–H groups in total. The molecule has 0 saturated heterocycles. The van der Waals surface area contributed by atoms with Crippen LogP contribution in [-0.4, -0.2) is 33.5 Å². The van der Waals surface area contributed by atoms with Gasteiger partial charge in [0, 0.05) is 6.04 Å². The van der Waals surface area contributed by atoms with Crippen LogP contribution in [0.3, 0.4) is 0 Å². The molecule has 0 radical (unpaired) electrons. The fraction of sp³-hybridized carbons (Fsp3) is 0.316. The van der Waals surface area contributed by atoms with Crippen LogP contribution in [0.25, 0.3) is 0 Å². The predicted octanol–water partition coefficient (Wildman–Crippen LogP) is 3.55. The van der Waals surface area contributed by atoms with Crippen LogP contribution < -0.4 is 14.8 Å². The van der Waals surface area contributed by atoms with Crippen molar-refractivity contribution in [3.05, 3.63) is 57.6 Å². The van der Waals surface area contributed by atoms with Gasteiger partial charge in [-0.3, -0.25) is 4.79 Å². The molecule has 1 aliphatic rings. The minimum atomic E-state index is -3.81. The fourth-order valence-corrected chi connectivity index (χ4v) is 4.70. The lowest BCUT2D eigenvalue weighted by Crippen LogP contribution is -2.29. The van der Waals surface area contributed by atoms with E-state index in [1.807, 2.05) is 31.2 Å². The van der Waals surface area contributed by atoms with E-state index in [1.54, 1.807) is 0 Å². The normalized spacial score (nSPS) is 14.0. The maximum Gasteiger partial charge on any atom is 0.252 e. The van der Waals surface area contributed by atoms with Crippen molar-refractivity contribution in [2.24, 2.45) is 0 Å². The number of benzene rings is 2. The molecule has 150 valence electrons. The summed E-state index contributed by atoms with van der Waals surface area (Å²) in [6.45, 7) is 2.42. The summed E-state index contributed by atoms with van der Waals surface area (Å²) in [6, 6.07) is 9.95. The molecule has 2 aromatic rings. The van der Waals surface area contributed by atoms with Crippen molar-refractivity contribution >= 4 is 39.1 Å². The minimum Gasteiger partial charge on any atom is -0.491 e. The summed E-state index contributed by atoms with van der Waals surface area (Å²) >= 11 is 12.2. The zero-order valence-electron chi connectivity index (χ0n) is 15.2. The highest BCUT2D eigenvalue weighted by atomic mass is 35.5. The van der Waals surface area contributed by atoms with Crippen LogP contribution in [-0.2, 0) is 10.0 Å². The number of halogens is 2. The number of para-hydroxylation sites is 1. The fourth-order valence-electron chi connectivity index (χ4n) is 2.53. The van der Waals surface area contributed by atoms with E-state index in [-0.39, 0.29) is 39.7 Å². The Morgan fingerprint density at radius 2 is 1.89 bits per heavy atom. The van der Waals surface area contributed by atoms with Gasteiger partial charge in [-0.1, -0.05) is 41.4 Å². The first-order chi connectivity index (χ1) is 13.3. The van der Waals surface area contributed by atoms with Crippen LogP contribution in [0.4, 0.5) is 0 Å². The first kappa shape index (κ1) is 20.9. The molecule has 0 aliphatic heterocycles. The maximum absolute atomic E-state index is 12.5. The van der Waals surface area contributed by atoms with E-state index < -0.39 is 15.9 Å². The average molecular weight is 443 g/mol. The lowest BCUT2D eigenvalue weighted by atomic mass is 10.2. The Morgan fingerprint density at radius 1 is 1.18 bits per heavy atom. The number of nitrogens with one attached hydrogen (secondary N) is 2. The highest BCUT2D eigenvalue weighted by molar-refractivity contribution is 7.89. The third-order valence-electron chi connectivity index (χ3n) is 4.19. The molecule has 0 atom stereocenters. The summed E-state index contributed by atoms with van der Waals surface area (Å²) in [6.07, 6.45) is 1.58. The Labute approximate surface area is 174 Å². The number of sulfonamides is 1. The van der Waals surface area contributed by atoms with Crippen molar-refractivity contribution < 1.29 is 17.9 Å². The number of aryl methyl sites for hydroxylation is 1. The van der Waals surface area contributed by atoms with E-state index >= 15 is 0 Å². The first-order valence-electron chi connectivity index (χ1n) is 8.76. The van der Waals surface area contributed by atoms with Gasteiger partial charge in [-0.2, -0.15) is 0 Å².